The highest BCUT2D eigenvalue weighted by Gasteiger charge is 2.36. The molecule has 0 aromatic carbocycles. The molecule has 1 rings (SSSR count). The van der Waals surface area contributed by atoms with Crippen molar-refractivity contribution in [1.82, 2.24) is 4.90 Å². The lowest BCUT2D eigenvalue weighted by Gasteiger charge is -2.28. The summed E-state index contributed by atoms with van der Waals surface area (Å²) in [5.74, 6) is -0.557. The number of carbonyl (C=O) groups is 1. The van der Waals surface area contributed by atoms with Crippen LogP contribution in [0.5, 0.6) is 0 Å². The molecule has 4 heteroatoms. The summed E-state index contributed by atoms with van der Waals surface area (Å²) >= 11 is 0. The third-order valence-corrected chi connectivity index (χ3v) is 2.88. The summed E-state index contributed by atoms with van der Waals surface area (Å²) in [6, 6.07) is 0.371. The minimum absolute atomic E-state index is 0.216. The minimum Gasteiger partial charge on any atom is -0.479 e. The molecule has 3 unspecified atom stereocenters. The average Bonchev–Trinajstić information content (AvgIpc) is 2.29. The van der Waals surface area contributed by atoms with Crippen LogP contribution in [-0.2, 0) is 4.79 Å². The predicted molar refractivity (Wildman–Crippen MR) is 53.1 cm³/mol. The quantitative estimate of drug-likeness (QED) is 0.700. The van der Waals surface area contributed by atoms with Gasteiger partial charge in [-0.1, -0.05) is 6.92 Å². The molecule has 1 aliphatic heterocycles. The van der Waals surface area contributed by atoms with Crippen LogP contribution in [0.1, 0.15) is 27.2 Å². The van der Waals surface area contributed by atoms with E-state index in [1.807, 2.05) is 4.90 Å². The van der Waals surface area contributed by atoms with Crippen LogP contribution in [0.4, 0.5) is 0 Å². The lowest BCUT2D eigenvalue weighted by Crippen LogP contribution is -2.47. The molecular formula is C10H19NO3. The topological polar surface area (TPSA) is 60.8 Å². The van der Waals surface area contributed by atoms with Gasteiger partial charge in [0.2, 0.25) is 0 Å². The molecule has 0 aliphatic carbocycles. The van der Waals surface area contributed by atoms with E-state index in [2.05, 4.69) is 13.8 Å². The number of aliphatic hydroxyl groups is 1. The maximum atomic E-state index is 10.7. The summed E-state index contributed by atoms with van der Waals surface area (Å²) in [7, 11) is 0. The largest absolute Gasteiger partial charge is 0.479 e. The SMILES string of the molecule is CC1CC(C)N(CC(C)(O)C(=O)O)C1. The number of hydrogen-bond acceptors (Lipinski definition) is 3. The van der Waals surface area contributed by atoms with Crippen molar-refractivity contribution in [2.45, 2.75) is 38.8 Å². The van der Waals surface area contributed by atoms with Crippen molar-refractivity contribution in [2.24, 2.45) is 5.92 Å². The summed E-state index contributed by atoms with van der Waals surface area (Å²) in [5.41, 5.74) is -1.63. The van der Waals surface area contributed by atoms with Crippen molar-refractivity contribution in [1.29, 1.82) is 0 Å². The second-order valence-electron chi connectivity index (χ2n) is 4.70. The van der Waals surface area contributed by atoms with Gasteiger partial charge in [-0.05, 0) is 26.2 Å². The maximum Gasteiger partial charge on any atom is 0.336 e. The number of carboxylic acids is 1. The lowest BCUT2D eigenvalue weighted by atomic mass is 10.1. The smallest absolute Gasteiger partial charge is 0.336 e. The van der Waals surface area contributed by atoms with E-state index in [1.165, 1.54) is 6.92 Å². The first kappa shape index (κ1) is 11.5. The fourth-order valence-corrected chi connectivity index (χ4v) is 2.07. The van der Waals surface area contributed by atoms with E-state index in [0.717, 1.165) is 13.0 Å². The Kier molecular flexibility index (Phi) is 3.17. The Morgan fingerprint density at radius 2 is 2.14 bits per heavy atom. The van der Waals surface area contributed by atoms with Crippen LogP contribution in [-0.4, -0.2) is 45.8 Å². The van der Waals surface area contributed by atoms with Crippen LogP contribution in [0.15, 0.2) is 0 Å². The van der Waals surface area contributed by atoms with Crippen molar-refractivity contribution in [3.05, 3.63) is 0 Å². The molecular weight excluding hydrogens is 182 g/mol. The summed E-state index contributed by atoms with van der Waals surface area (Å²) in [6.45, 7) is 6.66. The van der Waals surface area contributed by atoms with Gasteiger partial charge in [-0.25, -0.2) is 4.79 Å². The van der Waals surface area contributed by atoms with E-state index in [1.54, 1.807) is 0 Å². The van der Waals surface area contributed by atoms with Gasteiger partial charge in [-0.2, -0.15) is 0 Å². The van der Waals surface area contributed by atoms with Crippen LogP contribution in [0.3, 0.4) is 0 Å². The molecule has 1 aliphatic rings. The van der Waals surface area contributed by atoms with Crippen molar-refractivity contribution in [3.63, 3.8) is 0 Å². The molecule has 1 heterocycles. The predicted octanol–water partition coefficient (Wildman–Crippen LogP) is 0.552. The Labute approximate surface area is 84.5 Å². The first-order chi connectivity index (χ1) is 6.33. The fourth-order valence-electron chi connectivity index (χ4n) is 2.07. The third-order valence-electron chi connectivity index (χ3n) is 2.88. The highest BCUT2D eigenvalue weighted by Crippen LogP contribution is 2.24. The standard InChI is InChI=1S/C10H19NO3/c1-7-4-8(2)11(5-7)6-10(3,14)9(12)13/h7-8,14H,4-6H2,1-3H3,(H,12,13). The maximum absolute atomic E-state index is 10.7. The lowest BCUT2D eigenvalue weighted by molar-refractivity contribution is -0.158. The van der Waals surface area contributed by atoms with Gasteiger partial charge < -0.3 is 10.2 Å². The molecule has 0 aromatic rings. The zero-order valence-electron chi connectivity index (χ0n) is 9.03. The van der Waals surface area contributed by atoms with E-state index in [4.69, 9.17) is 5.11 Å². The number of hydrogen-bond donors (Lipinski definition) is 2. The first-order valence-corrected chi connectivity index (χ1v) is 5.02. The van der Waals surface area contributed by atoms with Crippen LogP contribution >= 0.6 is 0 Å². The molecule has 4 nitrogen and oxygen atoms in total. The fraction of sp³-hybridized carbons (Fsp3) is 0.900. The summed E-state index contributed by atoms with van der Waals surface area (Å²) < 4.78 is 0. The number of carboxylic acid groups (broad SMARTS) is 1. The molecule has 1 saturated heterocycles. The first-order valence-electron chi connectivity index (χ1n) is 5.02. The van der Waals surface area contributed by atoms with E-state index in [9.17, 15) is 9.90 Å². The number of nitrogens with zero attached hydrogens (tertiary/aromatic N) is 1. The second kappa shape index (κ2) is 3.87. The third kappa shape index (κ3) is 2.45. The number of aliphatic carboxylic acids is 1. The number of rotatable bonds is 3. The van der Waals surface area contributed by atoms with E-state index < -0.39 is 11.6 Å². The summed E-state index contributed by atoms with van der Waals surface area (Å²) in [6.07, 6.45) is 1.08. The molecule has 14 heavy (non-hydrogen) atoms. The Balaban J connectivity index is 2.56. The molecule has 0 bridgehead atoms. The Morgan fingerprint density at radius 1 is 1.57 bits per heavy atom. The molecule has 82 valence electrons. The van der Waals surface area contributed by atoms with Crippen molar-refractivity contribution in [2.75, 3.05) is 13.1 Å². The van der Waals surface area contributed by atoms with Gasteiger partial charge in [0.25, 0.3) is 0 Å². The normalized spacial score (nSPS) is 32.9. The van der Waals surface area contributed by atoms with Crippen LogP contribution in [0, 0.1) is 5.92 Å². The Bertz CT molecular complexity index is 227. The monoisotopic (exact) mass is 201 g/mol. The summed E-state index contributed by atoms with van der Waals surface area (Å²) in [4.78, 5) is 12.8. The molecule has 0 radical (unpaired) electrons. The van der Waals surface area contributed by atoms with Gasteiger partial charge in [-0.15, -0.1) is 0 Å². The van der Waals surface area contributed by atoms with Gasteiger partial charge in [-0.3, -0.25) is 4.90 Å². The molecule has 3 atom stereocenters. The van der Waals surface area contributed by atoms with E-state index >= 15 is 0 Å². The zero-order valence-corrected chi connectivity index (χ0v) is 9.03. The van der Waals surface area contributed by atoms with Crippen molar-refractivity contribution < 1.29 is 15.0 Å². The van der Waals surface area contributed by atoms with Crippen LogP contribution < -0.4 is 0 Å². The number of likely N-dealkylation sites (tertiary alicyclic amines) is 1. The molecule has 0 aromatic heterocycles. The second-order valence-corrected chi connectivity index (χ2v) is 4.70. The average molecular weight is 201 g/mol. The van der Waals surface area contributed by atoms with Crippen molar-refractivity contribution >= 4 is 5.97 Å². The van der Waals surface area contributed by atoms with Crippen LogP contribution in [0.25, 0.3) is 0 Å². The van der Waals surface area contributed by atoms with Crippen molar-refractivity contribution in [3.8, 4) is 0 Å². The zero-order chi connectivity index (χ0) is 10.9. The molecule has 0 saturated carbocycles. The molecule has 1 fully saturated rings. The van der Waals surface area contributed by atoms with Gasteiger partial charge in [0.15, 0.2) is 5.60 Å². The minimum atomic E-state index is -1.63. The highest BCUT2D eigenvalue weighted by atomic mass is 16.4. The van der Waals surface area contributed by atoms with Gasteiger partial charge in [0.05, 0.1) is 0 Å². The summed E-state index contributed by atoms with van der Waals surface area (Å²) in [5, 5.41) is 18.4. The Morgan fingerprint density at radius 3 is 2.50 bits per heavy atom. The van der Waals surface area contributed by atoms with Crippen LogP contribution in [0.2, 0.25) is 0 Å². The molecule has 0 spiro atoms. The van der Waals surface area contributed by atoms with Gasteiger partial charge >= 0.3 is 5.97 Å². The molecule has 0 amide bonds. The molecule has 2 N–H and O–H groups in total. The van der Waals surface area contributed by atoms with E-state index in [-0.39, 0.29) is 6.54 Å². The van der Waals surface area contributed by atoms with Gasteiger partial charge in [0.1, 0.15) is 0 Å². The number of β-amino-alcohol motifs (C(OH)–C–C–N with tert-alkyl or cyclic N) is 1. The van der Waals surface area contributed by atoms with E-state index in [0.29, 0.717) is 12.0 Å². The highest BCUT2D eigenvalue weighted by molar-refractivity contribution is 5.76. The Hall–Kier alpha value is -0.610. The van der Waals surface area contributed by atoms with Gasteiger partial charge in [0, 0.05) is 19.1 Å².